The largest absolute Gasteiger partial charge is 0.369 e. The average molecular weight is 556 g/mol. The minimum absolute atomic E-state index is 0.0458. The molecule has 1 saturated carbocycles. The first kappa shape index (κ1) is 26.9. The highest BCUT2D eigenvalue weighted by Crippen LogP contribution is 2.38. The number of carbonyl (C=O) groups is 2. The second-order valence-electron chi connectivity index (χ2n) is 11.3. The van der Waals surface area contributed by atoms with Gasteiger partial charge in [0.25, 0.3) is 11.8 Å². The number of benzene rings is 1. The molecule has 2 aromatic heterocycles. The third kappa shape index (κ3) is 6.40. The van der Waals surface area contributed by atoms with Crippen LogP contribution in [0.2, 0.25) is 0 Å². The van der Waals surface area contributed by atoms with E-state index in [9.17, 15) is 9.59 Å². The molecule has 3 fully saturated rings. The summed E-state index contributed by atoms with van der Waals surface area (Å²) in [7, 11) is 2.14. The molecule has 0 unspecified atom stereocenters. The quantitative estimate of drug-likeness (QED) is 0.384. The van der Waals surface area contributed by atoms with Crippen LogP contribution in [0.1, 0.15) is 58.1 Å². The lowest BCUT2D eigenvalue weighted by atomic mass is 10.1. The molecule has 11 heteroatoms. The Morgan fingerprint density at radius 2 is 1.68 bits per heavy atom. The number of nitrogens with one attached hydrogen (secondary N) is 2. The van der Waals surface area contributed by atoms with Crippen LogP contribution in [0.4, 0.5) is 23.0 Å². The summed E-state index contributed by atoms with van der Waals surface area (Å²) in [6.07, 6.45) is 7.37. The fourth-order valence-corrected chi connectivity index (χ4v) is 5.49. The van der Waals surface area contributed by atoms with Gasteiger partial charge in [-0.05, 0) is 69.1 Å². The number of aromatic nitrogens is 3. The van der Waals surface area contributed by atoms with Gasteiger partial charge in [-0.15, -0.1) is 0 Å². The Kier molecular flexibility index (Phi) is 7.69. The molecular weight excluding hydrogens is 518 g/mol. The summed E-state index contributed by atoms with van der Waals surface area (Å²) in [4.78, 5) is 45.4. The minimum atomic E-state index is -0.647. The van der Waals surface area contributed by atoms with Gasteiger partial charge in [-0.3, -0.25) is 14.6 Å². The summed E-state index contributed by atoms with van der Waals surface area (Å²) >= 11 is 0. The van der Waals surface area contributed by atoms with Crippen LogP contribution in [0.15, 0.2) is 48.8 Å². The fourth-order valence-electron chi connectivity index (χ4n) is 5.49. The number of rotatable bonds is 8. The van der Waals surface area contributed by atoms with E-state index in [-0.39, 0.29) is 17.6 Å². The van der Waals surface area contributed by atoms with Gasteiger partial charge < -0.3 is 31.1 Å². The van der Waals surface area contributed by atoms with Crippen LogP contribution >= 0.6 is 0 Å². The lowest BCUT2D eigenvalue weighted by Crippen LogP contribution is -2.48. The maximum atomic E-state index is 12.9. The number of carbonyl (C=O) groups excluding carboxylic acids is 2. The first-order chi connectivity index (χ1) is 19.9. The predicted molar refractivity (Wildman–Crippen MR) is 159 cm³/mol. The van der Waals surface area contributed by atoms with Crippen molar-refractivity contribution in [3.8, 4) is 0 Å². The first-order valence-electron chi connectivity index (χ1n) is 14.4. The highest BCUT2D eigenvalue weighted by molar-refractivity contribution is 5.96. The zero-order valence-corrected chi connectivity index (χ0v) is 23.4. The van der Waals surface area contributed by atoms with Gasteiger partial charge in [0, 0.05) is 74.5 Å². The minimum Gasteiger partial charge on any atom is -0.369 e. The molecule has 0 bridgehead atoms. The smallest absolute Gasteiger partial charge is 0.271 e. The molecule has 2 aliphatic heterocycles. The summed E-state index contributed by atoms with van der Waals surface area (Å²) in [5.41, 5.74) is 9.31. The number of piperazine rings is 1. The molecule has 1 atom stereocenters. The van der Waals surface area contributed by atoms with Crippen LogP contribution in [-0.2, 0) is 0 Å². The number of piperidine rings is 1. The number of pyridine rings is 1. The molecule has 214 valence electrons. The van der Waals surface area contributed by atoms with Gasteiger partial charge in [-0.1, -0.05) is 0 Å². The molecule has 4 N–H and O–H groups in total. The maximum Gasteiger partial charge on any atom is 0.271 e. The Morgan fingerprint density at radius 1 is 0.902 bits per heavy atom. The molecule has 0 spiro atoms. The van der Waals surface area contributed by atoms with Gasteiger partial charge in [0.2, 0.25) is 0 Å². The van der Waals surface area contributed by atoms with Crippen molar-refractivity contribution < 1.29 is 9.59 Å². The molecule has 0 radical (unpaired) electrons. The van der Waals surface area contributed by atoms with Gasteiger partial charge in [-0.2, -0.15) is 0 Å². The number of primary amides is 1. The Hall–Kier alpha value is -4.25. The third-order valence-corrected chi connectivity index (χ3v) is 8.12. The normalized spacial score (nSPS) is 19.6. The van der Waals surface area contributed by atoms with E-state index in [1.165, 1.54) is 12.8 Å². The summed E-state index contributed by atoms with van der Waals surface area (Å²) < 4.78 is 0. The van der Waals surface area contributed by atoms with E-state index < -0.39 is 5.91 Å². The van der Waals surface area contributed by atoms with Gasteiger partial charge in [0.05, 0.1) is 11.8 Å². The van der Waals surface area contributed by atoms with Gasteiger partial charge in [0.15, 0.2) is 11.5 Å². The van der Waals surface area contributed by atoms with E-state index in [2.05, 4.69) is 54.5 Å². The van der Waals surface area contributed by atoms with Crippen molar-refractivity contribution >= 4 is 34.8 Å². The van der Waals surface area contributed by atoms with Gasteiger partial charge in [-0.25, -0.2) is 9.97 Å². The van der Waals surface area contributed by atoms with Crippen molar-refractivity contribution in [1.82, 2.24) is 25.2 Å². The second-order valence-corrected chi connectivity index (χ2v) is 11.3. The van der Waals surface area contributed by atoms with Crippen LogP contribution in [0.25, 0.3) is 0 Å². The van der Waals surface area contributed by atoms with Crippen molar-refractivity contribution in [3.05, 3.63) is 65.7 Å². The predicted octanol–water partition coefficient (Wildman–Crippen LogP) is 2.74. The number of anilines is 4. The summed E-state index contributed by atoms with van der Waals surface area (Å²) in [6.45, 7) is 5.41. The molecule has 11 nitrogen and oxygen atoms in total. The molecule has 6 rings (SSSR count). The first-order valence-corrected chi connectivity index (χ1v) is 14.4. The molecule has 1 aromatic carbocycles. The number of hydrogen-bond donors (Lipinski definition) is 3. The van der Waals surface area contributed by atoms with Crippen LogP contribution in [-0.4, -0.2) is 84.0 Å². The lowest BCUT2D eigenvalue weighted by Gasteiger charge is -2.34. The van der Waals surface area contributed by atoms with E-state index in [0.717, 1.165) is 62.6 Å². The van der Waals surface area contributed by atoms with Crippen LogP contribution < -0.4 is 26.2 Å². The number of amides is 2. The van der Waals surface area contributed by atoms with Gasteiger partial charge in [0.1, 0.15) is 5.82 Å². The molecule has 3 aromatic rings. The number of nitrogens with two attached hydrogens (primary N) is 1. The van der Waals surface area contributed by atoms with E-state index >= 15 is 0 Å². The third-order valence-electron chi connectivity index (χ3n) is 8.12. The summed E-state index contributed by atoms with van der Waals surface area (Å²) in [5, 5.41) is 6.40. The van der Waals surface area contributed by atoms with Crippen LogP contribution in [0.3, 0.4) is 0 Å². The van der Waals surface area contributed by atoms with Gasteiger partial charge >= 0.3 is 0 Å². The zero-order chi connectivity index (χ0) is 28.3. The molecule has 3 aliphatic rings. The molecule has 2 amide bonds. The molecule has 2 saturated heterocycles. The number of nitrogens with zero attached hydrogens (tertiary/aromatic N) is 6. The van der Waals surface area contributed by atoms with Crippen molar-refractivity contribution in [2.45, 2.75) is 37.6 Å². The number of hydrogen-bond acceptors (Lipinski definition) is 9. The summed E-state index contributed by atoms with van der Waals surface area (Å²) in [5.74, 6) is 0.730. The Morgan fingerprint density at radius 3 is 2.37 bits per heavy atom. The summed E-state index contributed by atoms with van der Waals surface area (Å²) in [6, 6.07) is 11.9. The standard InChI is InChI=1S/C30H37N9O2/c1-37-13-15-38(16-14-37)24-9-7-22(8-10-24)34-29-27(28(31)40)33-18-26(36-29)39-12-2-3-23(19-39)35-30(41)21-6-11-25(32-17-21)20-4-5-20/h6-11,17-18,20,23H,2-5,12-16,19H2,1H3,(H2,31,40)(H,34,36)(H,35,41)/t23-/m1/s1. The van der Waals surface area contributed by atoms with E-state index in [4.69, 9.17) is 10.7 Å². The molecule has 1 aliphatic carbocycles. The molecular formula is C30H37N9O2. The Labute approximate surface area is 240 Å². The maximum absolute atomic E-state index is 12.9. The van der Waals surface area contributed by atoms with Crippen molar-refractivity contribution in [1.29, 1.82) is 0 Å². The zero-order valence-electron chi connectivity index (χ0n) is 23.4. The SMILES string of the molecule is CN1CCN(c2ccc(Nc3nc(N4CCC[C@@H](NC(=O)c5ccc(C6CC6)nc5)C4)cnc3C(N)=O)cc2)CC1. The van der Waals surface area contributed by atoms with E-state index in [1.807, 2.05) is 24.3 Å². The van der Waals surface area contributed by atoms with Crippen LogP contribution in [0, 0.1) is 0 Å². The lowest BCUT2D eigenvalue weighted by molar-refractivity contribution is 0.0931. The van der Waals surface area contributed by atoms with Crippen molar-refractivity contribution in [3.63, 3.8) is 0 Å². The van der Waals surface area contributed by atoms with Crippen molar-refractivity contribution in [2.75, 3.05) is 61.4 Å². The topological polar surface area (TPSA) is 133 Å². The van der Waals surface area contributed by atoms with Crippen molar-refractivity contribution in [2.24, 2.45) is 5.73 Å². The monoisotopic (exact) mass is 555 g/mol. The highest BCUT2D eigenvalue weighted by Gasteiger charge is 2.27. The molecule has 41 heavy (non-hydrogen) atoms. The van der Waals surface area contributed by atoms with Crippen LogP contribution in [0.5, 0.6) is 0 Å². The molecule has 4 heterocycles. The Bertz CT molecular complexity index is 1380. The average Bonchev–Trinajstić information content (AvgIpc) is 3.84. The fraction of sp³-hybridized carbons (Fsp3) is 0.433. The highest BCUT2D eigenvalue weighted by atomic mass is 16.2. The number of likely N-dealkylation sites (N-methyl/N-ethyl adjacent to an activating group) is 1. The Balaban J connectivity index is 1.12. The second kappa shape index (κ2) is 11.7. The van der Waals surface area contributed by atoms with E-state index in [1.54, 1.807) is 12.4 Å². The van der Waals surface area contributed by atoms with E-state index in [0.29, 0.717) is 29.7 Å².